The zero-order valence-electron chi connectivity index (χ0n) is 25.5. The van der Waals surface area contributed by atoms with Crippen molar-refractivity contribution in [1.82, 2.24) is 5.32 Å². The molecule has 3 heterocycles. The third-order valence-electron chi connectivity index (χ3n) is 8.98. The minimum absolute atomic E-state index is 0.0712. The molecule has 2 aliphatic heterocycles. The Morgan fingerprint density at radius 2 is 1.21 bits per heavy atom. The number of rotatable bonds is 5. The fourth-order valence-electron chi connectivity index (χ4n) is 6.61. The third-order valence-corrected chi connectivity index (χ3v) is 8.98. The molecule has 6 aromatic rings. The van der Waals surface area contributed by atoms with Gasteiger partial charge in [0.25, 0.3) is 0 Å². The minimum Gasteiger partial charge on any atom is -0.439 e. The predicted octanol–water partition coefficient (Wildman–Crippen LogP) is 9.57. The molecule has 2 atom stereocenters. The van der Waals surface area contributed by atoms with Gasteiger partial charge in [-0.15, -0.1) is 0 Å². The van der Waals surface area contributed by atoms with Gasteiger partial charge in [-0.25, -0.2) is 9.98 Å². The molecule has 0 amide bonds. The van der Waals surface area contributed by atoms with Crippen molar-refractivity contribution in [2.75, 3.05) is 5.32 Å². The zero-order valence-corrected chi connectivity index (χ0v) is 25.5. The number of benzene rings is 5. The lowest BCUT2D eigenvalue weighted by molar-refractivity contribution is 0.623. The van der Waals surface area contributed by atoms with Crippen molar-refractivity contribution >= 4 is 34.6 Å². The summed E-state index contributed by atoms with van der Waals surface area (Å²) in [6.07, 6.45) is 10.3. The van der Waals surface area contributed by atoms with E-state index in [0.29, 0.717) is 0 Å². The third kappa shape index (κ3) is 4.89. The first kappa shape index (κ1) is 27.1. The summed E-state index contributed by atoms with van der Waals surface area (Å²) < 4.78 is 6.71. The summed E-state index contributed by atoms with van der Waals surface area (Å²) in [4.78, 5) is 10.4. The Labute approximate surface area is 273 Å². The molecule has 1 aliphatic carbocycles. The van der Waals surface area contributed by atoms with Crippen LogP contribution in [0.5, 0.6) is 0 Å². The highest BCUT2D eigenvalue weighted by molar-refractivity contribution is 6.22. The van der Waals surface area contributed by atoms with E-state index < -0.39 is 6.17 Å². The van der Waals surface area contributed by atoms with Crippen molar-refractivity contribution in [2.24, 2.45) is 9.98 Å². The summed E-state index contributed by atoms with van der Waals surface area (Å²) in [5.74, 6) is 2.30. The van der Waals surface area contributed by atoms with Gasteiger partial charge in [-0.05, 0) is 46.0 Å². The Kier molecular flexibility index (Phi) is 6.53. The number of aliphatic imine (C=N–C) groups is 2. The molecule has 2 unspecified atom stereocenters. The van der Waals surface area contributed by atoms with Crippen LogP contribution in [0.1, 0.15) is 28.4 Å². The molecule has 0 spiro atoms. The second-order valence-corrected chi connectivity index (χ2v) is 11.9. The standard InChI is InChI=1S/C42H30N4O/c1-4-12-27(13-5-1)28-20-22-31(23-21-28)40-44-39(30-16-8-3-9-17-30)45-41(46-40)34-25-24-33(29-14-6-2-7-15-29)38-37(34)35-26-32-18-10-11-19-36(32)43-42(35)47-38/h1-26,36,40,43H,(H,44,45,46). The predicted molar refractivity (Wildman–Crippen MR) is 193 cm³/mol. The molecule has 0 fully saturated rings. The van der Waals surface area contributed by atoms with Crippen molar-refractivity contribution in [3.63, 3.8) is 0 Å². The summed E-state index contributed by atoms with van der Waals surface area (Å²) >= 11 is 0. The van der Waals surface area contributed by atoms with E-state index >= 15 is 0 Å². The quantitative estimate of drug-likeness (QED) is 0.205. The molecule has 2 N–H and O–H groups in total. The maximum Gasteiger partial charge on any atom is 0.202 e. The van der Waals surface area contributed by atoms with Crippen molar-refractivity contribution in [2.45, 2.75) is 12.2 Å². The number of amidine groups is 2. The SMILES string of the molecule is C1=CC2=Cc3c(oc4c(-c5ccccc5)ccc(C5=NC(c6ccc(-c7ccccc7)cc6)N=C(c6ccccc6)N5)c34)NC2C=C1. The lowest BCUT2D eigenvalue weighted by Gasteiger charge is -2.24. The van der Waals surface area contributed by atoms with Gasteiger partial charge in [0.15, 0.2) is 6.17 Å². The number of nitrogens with one attached hydrogen (secondary N) is 2. The summed E-state index contributed by atoms with van der Waals surface area (Å²) in [6.45, 7) is 0. The van der Waals surface area contributed by atoms with E-state index in [4.69, 9.17) is 14.4 Å². The van der Waals surface area contributed by atoms with E-state index in [1.165, 1.54) is 11.1 Å². The average molecular weight is 607 g/mol. The zero-order chi connectivity index (χ0) is 31.2. The molecular weight excluding hydrogens is 576 g/mol. The van der Waals surface area contributed by atoms with Crippen molar-refractivity contribution in [1.29, 1.82) is 0 Å². The van der Waals surface area contributed by atoms with Crippen LogP contribution in [0.2, 0.25) is 0 Å². The Morgan fingerprint density at radius 1 is 0.574 bits per heavy atom. The number of fused-ring (bicyclic) bond motifs is 4. The fourth-order valence-corrected chi connectivity index (χ4v) is 6.61. The number of hydrogen-bond donors (Lipinski definition) is 2. The van der Waals surface area contributed by atoms with Gasteiger partial charge in [-0.2, -0.15) is 0 Å². The van der Waals surface area contributed by atoms with Gasteiger partial charge in [-0.1, -0.05) is 140 Å². The Balaban J connectivity index is 1.22. The first-order valence-corrected chi connectivity index (χ1v) is 15.9. The minimum atomic E-state index is -0.426. The van der Waals surface area contributed by atoms with Gasteiger partial charge in [0, 0.05) is 27.6 Å². The lowest BCUT2D eigenvalue weighted by atomic mass is 9.92. The van der Waals surface area contributed by atoms with Crippen LogP contribution in [0, 0.1) is 0 Å². The normalized spacial score (nSPS) is 17.9. The first-order chi connectivity index (χ1) is 23.3. The van der Waals surface area contributed by atoms with Crippen LogP contribution in [0.3, 0.4) is 0 Å². The van der Waals surface area contributed by atoms with E-state index in [2.05, 4.69) is 138 Å². The topological polar surface area (TPSA) is 61.9 Å². The first-order valence-electron chi connectivity index (χ1n) is 15.9. The molecule has 5 heteroatoms. The number of furan rings is 1. The molecule has 0 saturated carbocycles. The largest absolute Gasteiger partial charge is 0.439 e. The molecule has 3 aliphatic rings. The van der Waals surface area contributed by atoms with Crippen LogP contribution in [-0.2, 0) is 0 Å². The molecule has 5 aromatic carbocycles. The van der Waals surface area contributed by atoms with Crippen LogP contribution >= 0.6 is 0 Å². The van der Waals surface area contributed by atoms with Gasteiger partial charge in [0.1, 0.15) is 17.3 Å². The Hall–Kier alpha value is -6.20. The second-order valence-electron chi connectivity index (χ2n) is 11.9. The lowest BCUT2D eigenvalue weighted by Crippen LogP contribution is -2.36. The molecule has 0 bridgehead atoms. The van der Waals surface area contributed by atoms with Gasteiger partial charge < -0.3 is 15.1 Å². The summed E-state index contributed by atoms with van der Waals surface area (Å²) in [6, 6.07) is 44.0. The van der Waals surface area contributed by atoms with E-state index in [1.807, 2.05) is 30.3 Å². The van der Waals surface area contributed by atoms with Gasteiger partial charge in [0.2, 0.25) is 5.88 Å². The monoisotopic (exact) mass is 606 g/mol. The maximum absolute atomic E-state index is 6.71. The number of nitrogens with zero attached hydrogens (tertiary/aromatic N) is 2. The van der Waals surface area contributed by atoms with E-state index in [-0.39, 0.29) is 6.04 Å². The van der Waals surface area contributed by atoms with Gasteiger partial charge in [-0.3, -0.25) is 0 Å². The van der Waals surface area contributed by atoms with E-state index in [9.17, 15) is 0 Å². The molecule has 5 nitrogen and oxygen atoms in total. The van der Waals surface area contributed by atoms with Crippen molar-refractivity contribution in [3.8, 4) is 22.3 Å². The molecular formula is C42H30N4O. The van der Waals surface area contributed by atoms with Crippen molar-refractivity contribution in [3.05, 3.63) is 180 Å². The van der Waals surface area contributed by atoms with Gasteiger partial charge >= 0.3 is 0 Å². The number of hydrogen-bond acceptors (Lipinski definition) is 5. The molecule has 0 radical (unpaired) electrons. The van der Waals surface area contributed by atoms with Crippen molar-refractivity contribution < 1.29 is 4.42 Å². The molecule has 1 aromatic heterocycles. The number of anilines is 1. The van der Waals surface area contributed by atoms with E-state index in [0.717, 1.165) is 67.5 Å². The summed E-state index contributed by atoms with van der Waals surface area (Å²) in [5.41, 5.74) is 10.5. The molecule has 9 rings (SSSR count). The number of allylic oxidation sites excluding steroid dienone is 2. The summed E-state index contributed by atoms with van der Waals surface area (Å²) in [5, 5.41) is 8.26. The molecule has 47 heavy (non-hydrogen) atoms. The van der Waals surface area contributed by atoms with Crippen LogP contribution in [-0.4, -0.2) is 17.7 Å². The van der Waals surface area contributed by atoms with Gasteiger partial charge in [0.05, 0.1) is 6.04 Å². The maximum atomic E-state index is 6.71. The fraction of sp³-hybridized carbons (Fsp3) is 0.0476. The Morgan fingerprint density at radius 3 is 1.96 bits per heavy atom. The van der Waals surface area contributed by atoms with E-state index in [1.54, 1.807) is 0 Å². The second kappa shape index (κ2) is 11.3. The van der Waals surface area contributed by atoms with Crippen LogP contribution < -0.4 is 10.6 Å². The molecule has 0 saturated heterocycles. The summed E-state index contributed by atoms with van der Waals surface area (Å²) in [7, 11) is 0. The average Bonchev–Trinajstić information content (AvgIpc) is 3.53. The molecule has 224 valence electrons. The van der Waals surface area contributed by atoms with Crippen LogP contribution in [0.15, 0.2) is 172 Å². The Bertz CT molecular complexity index is 2280. The highest BCUT2D eigenvalue weighted by atomic mass is 16.4. The van der Waals surface area contributed by atoms with Crippen LogP contribution in [0.25, 0.3) is 39.3 Å². The highest BCUT2D eigenvalue weighted by Crippen LogP contribution is 2.43. The van der Waals surface area contributed by atoms with Crippen LogP contribution in [0.4, 0.5) is 5.88 Å². The smallest absolute Gasteiger partial charge is 0.202 e. The highest BCUT2D eigenvalue weighted by Gasteiger charge is 2.29.